The van der Waals surface area contributed by atoms with Crippen LogP contribution in [0.2, 0.25) is 0 Å². The molecule has 0 spiro atoms. The Bertz CT molecular complexity index is 533. The fraction of sp³-hybridized carbons (Fsp3) is 0.214. The summed E-state index contributed by atoms with van der Waals surface area (Å²) in [6, 6.07) is 8.90. The number of nitrogens with one attached hydrogen (secondary N) is 1. The zero-order valence-electron chi connectivity index (χ0n) is 10.3. The number of carbonyl (C=O) groups excluding carboxylic acids is 1. The molecule has 18 heavy (non-hydrogen) atoms. The van der Waals surface area contributed by atoms with Gasteiger partial charge in [-0.1, -0.05) is 6.07 Å². The van der Waals surface area contributed by atoms with Crippen molar-refractivity contribution in [1.29, 1.82) is 0 Å². The van der Waals surface area contributed by atoms with E-state index in [-0.39, 0.29) is 11.7 Å². The van der Waals surface area contributed by atoms with E-state index in [1.807, 2.05) is 36.0 Å². The highest BCUT2D eigenvalue weighted by Crippen LogP contribution is 2.17. The third-order valence-electron chi connectivity index (χ3n) is 2.72. The van der Waals surface area contributed by atoms with Gasteiger partial charge in [0.15, 0.2) is 0 Å². The van der Waals surface area contributed by atoms with Crippen LogP contribution >= 0.6 is 0 Å². The molecule has 1 amide bonds. The first kappa shape index (κ1) is 12.2. The maximum absolute atomic E-state index is 11.8. The van der Waals surface area contributed by atoms with Crippen molar-refractivity contribution in [3.63, 3.8) is 0 Å². The van der Waals surface area contributed by atoms with Crippen LogP contribution < -0.4 is 5.32 Å². The number of aryl methyl sites for hydroxylation is 1. The Labute approximate surface area is 106 Å². The Morgan fingerprint density at radius 2 is 2.06 bits per heavy atom. The number of aromatic hydroxyl groups is 1. The molecule has 4 heteroatoms. The molecule has 0 saturated carbocycles. The predicted octanol–water partition coefficient (Wildman–Crippen LogP) is 1.93. The number of nitrogens with zero attached hydrogens (tertiary/aromatic N) is 1. The van der Waals surface area contributed by atoms with E-state index in [4.69, 9.17) is 0 Å². The Kier molecular flexibility index (Phi) is 3.67. The molecule has 0 aliphatic rings. The molecule has 0 aliphatic carbocycles. The SMILES string of the molecule is Cc1ccc(C(=O)NCCn2cccc2)c(O)c1. The molecule has 0 atom stereocenters. The number of phenolic OH excluding ortho intramolecular Hbond substituents is 1. The molecule has 94 valence electrons. The second-order valence-corrected chi connectivity index (χ2v) is 4.20. The third-order valence-corrected chi connectivity index (χ3v) is 2.72. The highest BCUT2D eigenvalue weighted by molar-refractivity contribution is 5.96. The number of phenols is 1. The van der Waals surface area contributed by atoms with Crippen molar-refractivity contribution in [2.24, 2.45) is 0 Å². The molecule has 2 N–H and O–H groups in total. The minimum absolute atomic E-state index is 0.0217. The number of hydrogen-bond acceptors (Lipinski definition) is 2. The van der Waals surface area contributed by atoms with Gasteiger partial charge in [0.25, 0.3) is 5.91 Å². The Morgan fingerprint density at radius 3 is 2.72 bits per heavy atom. The lowest BCUT2D eigenvalue weighted by Crippen LogP contribution is -2.27. The molecule has 0 aliphatic heterocycles. The standard InChI is InChI=1S/C14H16N2O2/c1-11-4-5-12(13(17)10-11)14(18)15-6-9-16-7-2-3-8-16/h2-5,7-8,10,17H,6,9H2,1H3,(H,15,18). The van der Waals surface area contributed by atoms with Gasteiger partial charge in [-0.05, 0) is 36.8 Å². The lowest BCUT2D eigenvalue weighted by Gasteiger charge is -2.08. The minimum atomic E-state index is -0.250. The van der Waals surface area contributed by atoms with Gasteiger partial charge in [0.2, 0.25) is 0 Å². The van der Waals surface area contributed by atoms with Crippen LogP contribution in [0, 0.1) is 6.92 Å². The molecule has 1 aromatic heterocycles. The van der Waals surface area contributed by atoms with Crippen LogP contribution in [-0.4, -0.2) is 22.1 Å². The number of carbonyl (C=O) groups is 1. The van der Waals surface area contributed by atoms with Crippen LogP contribution in [0.15, 0.2) is 42.7 Å². The van der Waals surface area contributed by atoms with Crippen LogP contribution in [0.3, 0.4) is 0 Å². The van der Waals surface area contributed by atoms with Crippen LogP contribution in [0.1, 0.15) is 15.9 Å². The van der Waals surface area contributed by atoms with Crippen LogP contribution in [0.25, 0.3) is 0 Å². The average molecular weight is 244 g/mol. The molecule has 0 bridgehead atoms. The molecular weight excluding hydrogens is 228 g/mol. The summed E-state index contributed by atoms with van der Waals surface area (Å²) in [5.74, 6) is -0.229. The molecule has 0 unspecified atom stereocenters. The molecule has 0 saturated heterocycles. The lowest BCUT2D eigenvalue weighted by atomic mass is 10.1. The largest absolute Gasteiger partial charge is 0.507 e. The number of hydrogen-bond donors (Lipinski definition) is 2. The predicted molar refractivity (Wildman–Crippen MR) is 69.6 cm³/mol. The minimum Gasteiger partial charge on any atom is -0.507 e. The van der Waals surface area contributed by atoms with Crippen LogP contribution in [0.4, 0.5) is 0 Å². The number of rotatable bonds is 4. The second-order valence-electron chi connectivity index (χ2n) is 4.20. The normalized spacial score (nSPS) is 10.3. The van der Waals surface area contributed by atoms with E-state index < -0.39 is 0 Å². The summed E-state index contributed by atoms with van der Waals surface area (Å²) in [5, 5.41) is 12.5. The van der Waals surface area contributed by atoms with Gasteiger partial charge in [0.1, 0.15) is 5.75 Å². The highest BCUT2D eigenvalue weighted by atomic mass is 16.3. The summed E-state index contributed by atoms with van der Waals surface area (Å²) in [4.78, 5) is 11.8. The van der Waals surface area contributed by atoms with Gasteiger partial charge in [0.05, 0.1) is 5.56 Å². The van der Waals surface area contributed by atoms with E-state index in [0.29, 0.717) is 18.7 Å². The molecule has 1 heterocycles. The van der Waals surface area contributed by atoms with Crippen molar-refractivity contribution >= 4 is 5.91 Å². The highest BCUT2D eigenvalue weighted by Gasteiger charge is 2.09. The van der Waals surface area contributed by atoms with Crippen molar-refractivity contribution in [3.05, 3.63) is 53.9 Å². The first-order valence-electron chi connectivity index (χ1n) is 5.85. The molecule has 2 rings (SSSR count). The summed E-state index contributed by atoms with van der Waals surface area (Å²) in [6.45, 7) is 3.11. The van der Waals surface area contributed by atoms with Gasteiger partial charge < -0.3 is 15.0 Å². The average Bonchev–Trinajstić information content (AvgIpc) is 2.81. The molecule has 2 aromatic rings. The smallest absolute Gasteiger partial charge is 0.255 e. The van der Waals surface area contributed by atoms with Gasteiger partial charge in [0, 0.05) is 25.5 Å². The van der Waals surface area contributed by atoms with E-state index in [1.54, 1.807) is 18.2 Å². The van der Waals surface area contributed by atoms with Gasteiger partial charge in [-0.15, -0.1) is 0 Å². The summed E-state index contributed by atoms with van der Waals surface area (Å²) < 4.78 is 1.98. The van der Waals surface area contributed by atoms with E-state index in [9.17, 15) is 9.90 Å². The van der Waals surface area contributed by atoms with E-state index in [0.717, 1.165) is 5.56 Å². The number of amides is 1. The van der Waals surface area contributed by atoms with Gasteiger partial charge in [-0.25, -0.2) is 0 Å². The van der Waals surface area contributed by atoms with Crippen LogP contribution in [0.5, 0.6) is 5.75 Å². The summed E-state index contributed by atoms with van der Waals surface area (Å²) in [7, 11) is 0. The van der Waals surface area contributed by atoms with Gasteiger partial charge in [-0.3, -0.25) is 4.79 Å². The fourth-order valence-corrected chi connectivity index (χ4v) is 1.75. The summed E-state index contributed by atoms with van der Waals surface area (Å²) >= 11 is 0. The Balaban J connectivity index is 1.91. The fourth-order valence-electron chi connectivity index (χ4n) is 1.75. The van der Waals surface area contributed by atoms with Gasteiger partial charge in [-0.2, -0.15) is 0 Å². The van der Waals surface area contributed by atoms with Crippen molar-refractivity contribution < 1.29 is 9.90 Å². The first-order chi connectivity index (χ1) is 8.66. The monoisotopic (exact) mass is 244 g/mol. The second kappa shape index (κ2) is 5.40. The first-order valence-corrected chi connectivity index (χ1v) is 5.85. The third kappa shape index (κ3) is 2.91. The maximum atomic E-state index is 11.8. The van der Waals surface area contributed by atoms with Gasteiger partial charge >= 0.3 is 0 Å². The maximum Gasteiger partial charge on any atom is 0.255 e. The molecule has 0 radical (unpaired) electrons. The van der Waals surface area contributed by atoms with Crippen molar-refractivity contribution in [2.75, 3.05) is 6.54 Å². The van der Waals surface area contributed by atoms with Crippen molar-refractivity contribution in [3.8, 4) is 5.75 Å². The molecular formula is C14H16N2O2. The molecule has 0 fully saturated rings. The quantitative estimate of drug-likeness (QED) is 0.863. The summed E-state index contributed by atoms with van der Waals surface area (Å²) in [5.41, 5.74) is 1.24. The van der Waals surface area contributed by atoms with Crippen LogP contribution in [-0.2, 0) is 6.54 Å². The Morgan fingerprint density at radius 1 is 1.33 bits per heavy atom. The van der Waals surface area contributed by atoms with E-state index in [1.165, 1.54) is 0 Å². The Hall–Kier alpha value is -2.23. The van der Waals surface area contributed by atoms with E-state index >= 15 is 0 Å². The lowest BCUT2D eigenvalue weighted by molar-refractivity contribution is 0.0949. The number of benzene rings is 1. The topological polar surface area (TPSA) is 54.3 Å². The molecule has 4 nitrogen and oxygen atoms in total. The zero-order chi connectivity index (χ0) is 13.0. The zero-order valence-corrected chi connectivity index (χ0v) is 10.3. The van der Waals surface area contributed by atoms with Crippen molar-refractivity contribution in [1.82, 2.24) is 9.88 Å². The number of aromatic nitrogens is 1. The molecule has 1 aromatic carbocycles. The van der Waals surface area contributed by atoms with Crippen molar-refractivity contribution in [2.45, 2.75) is 13.5 Å². The van der Waals surface area contributed by atoms with E-state index in [2.05, 4.69) is 5.32 Å². The summed E-state index contributed by atoms with van der Waals surface area (Å²) in [6.07, 6.45) is 3.88.